The van der Waals surface area contributed by atoms with E-state index in [1.807, 2.05) is 0 Å². The molecule has 10 heteroatoms. The van der Waals surface area contributed by atoms with Crippen molar-refractivity contribution >= 4 is 15.7 Å². The van der Waals surface area contributed by atoms with Gasteiger partial charge in [-0.1, -0.05) is 6.07 Å². The Kier molecular flexibility index (Phi) is 6.01. The molecule has 0 fully saturated rings. The van der Waals surface area contributed by atoms with Crippen LogP contribution in [0.1, 0.15) is 5.56 Å². The van der Waals surface area contributed by atoms with Gasteiger partial charge in [-0.3, -0.25) is 10.1 Å². The number of hydrogen-bond acceptors (Lipinski definition) is 7. The summed E-state index contributed by atoms with van der Waals surface area (Å²) >= 11 is 0. The first-order chi connectivity index (χ1) is 12.3. The molecule has 2 aromatic carbocycles. The molecule has 0 aliphatic rings. The third-order valence-corrected chi connectivity index (χ3v) is 5.02. The monoisotopic (exact) mass is 382 g/mol. The summed E-state index contributed by atoms with van der Waals surface area (Å²) in [6.07, 6.45) is 0. The molecular weight excluding hydrogens is 364 g/mol. The number of nitro benzene ring substituents is 1. The van der Waals surface area contributed by atoms with Crippen LogP contribution in [0.5, 0.6) is 17.2 Å². The summed E-state index contributed by atoms with van der Waals surface area (Å²) in [4.78, 5) is 9.98. The summed E-state index contributed by atoms with van der Waals surface area (Å²) in [5, 5.41) is 11.2. The van der Waals surface area contributed by atoms with Crippen LogP contribution in [0.2, 0.25) is 0 Å². The number of methoxy groups -OCH3 is 3. The number of nitrogens with zero attached hydrogens (tertiary/aromatic N) is 1. The Hall–Kier alpha value is -2.85. The average Bonchev–Trinajstić information content (AvgIpc) is 2.65. The van der Waals surface area contributed by atoms with Gasteiger partial charge in [-0.25, -0.2) is 13.1 Å². The van der Waals surface area contributed by atoms with Crippen LogP contribution in [0.15, 0.2) is 41.3 Å². The van der Waals surface area contributed by atoms with Gasteiger partial charge in [-0.2, -0.15) is 0 Å². The molecule has 2 rings (SSSR count). The maximum absolute atomic E-state index is 12.5. The van der Waals surface area contributed by atoms with E-state index < -0.39 is 25.5 Å². The summed E-state index contributed by atoms with van der Waals surface area (Å²) in [5.41, 5.74) is 0.0338. The van der Waals surface area contributed by atoms with Crippen molar-refractivity contribution in [2.45, 2.75) is 11.4 Å². The number of hydrogen-bond donors (Lipinski definition) is 1. The van der Waals surface area contributed by atoms with E-state index >= 15 is 0 Å². The number of ether oxygens (including phenoxy) is 3. The van der Waals surface area contributed by atoms with Crippen molar-refractivity contribution in [2.24, 2.45) is 0 Å². The summed E-state index contributed by atoms with van der Waals surface area (Å²) in [7, 11) is 0.176. The molecule has 0 radical (unpaired) electrons. The van der Waals surface area contributed by atoms with Gasteiger partial charge in [0.25, 0.3) is 5.69 Å². The average molecular weight is 382 g/mol. The molecule has 0 heterocycles. The van der Waals surface area contributed by atoms with Crippen molar-refractivity contribution in [3.8, 4) is 17.2 Å². The largest absolute Gasteiger partial charge is 0.497 e. The highest BCUT2D eigenvalue weighted by molar-refractivity contribution is 7.89. The number of sulfonamides is 1. The molecule has 0 aromatic heterocycles. The number of nitro groups is 1. The molecule has 26 heavy (non-hydrogen) atoms. The Morgan fingerprint density at radius 2 is 1.69 bits per heavy atom. The molecule has 2 aromatic rings. The molecule has 0 aliphatic carbocycles. The number of nitrogens with one attached hydrogen (secondary N) is 1. The van der Waals surface area contributed by atoms with Crippen LogP contribution in [0.3, 0.4) is 0 Å². The highest BCUT2D eigenvalue weighted by Crippen LogP contribution is 2.29. The standard InChI is InChI=1S/C16H18N2O7S/c1-23-12-5-7-16(13(9-12)18(19)20)26(21,22)17-10-11-4-6-14(24-2)15(8-11)25-3/h4-9,17H,10H2,1-3H3. The zero-order valence-corrected chi connectivity index (χ0v) is 15.2. The fourth-order valence-electron chi connectivity index (χ4n) is 2.24. The normalized spacial score (nSPS) is 11.0. The first-order valence-electron chi connectivity index (χ1n) is 7.35. The molecule has 9 nitrogen and oxygen atoms in total. The maximum Gasteiger partial charge on any atom is 0.293 e. The molecule has 0 bridgehead atoms. The van der Waals surface area contributed by atoms with Gasteiger partial charge in [0.1, 0.15) is 5.75 Å². The Morgan fingerprint density at radius 3 is 2.27 bits per heavy atom. The van der Waals surface area contributed by atoms with E-state index in [1.54, 1.807) is 18.2 Å². The van der Waals surface area contributed by atoms with Gasteiger partial charge in [-0.05, 0) is 29.8 Å². The Morgan fingerprint density at radius 1 is 1.00 bits per heavy atom. The van der Waals surface area contributed by atoms with Crippen LogP contribution < -0.4 is 18.9 Å². The van der Waals surface area contributed by atoms with E-state index in [0.29, 0.717) is 17.1 Å². The van der Waals surface area contributed by atoms with Gasteiger partial charge < -0.3 is 14.2 Å². The third kappa shape index (κ3) is 4.21. The Bertz CT molecular complexity index is 913. The van der Waals surface area contributed by atoms with E-state index in [9.17, 15) is 18.5 Å². The first kappa shape index (κ1) is 19.5. The van der Waals surface area contributed by atoms with Crippen LogP contribution in [-0.4, -0.2) is 34.7 Å². The van der Waals surface area contributed by atoms with Crippen LogP contribution in [-0.2, 0) is 16.6 Å². The smallest absolute Gasteiger partial charge is 0.293 e. The van der Waals surface area contributed by atoms with Gasteiger partial charge in [0.05, 0.1) is 32.3 Å². The number of rotatable bonds is 8. The molecule has 140 valence electrons. The first-order valence-corrected chi connectivity index (χ1v) is 8.83. The van der Waals surface area contributed by atoms with Crippen LogP contribution in [0.25, 0.3) is 0 Å². The minimum Gasteiger partial charge on any atom is -0.497 e. The van der Waals surface area contributed by atoms with Crippen molar-refractivity contribution in [3.63, 3.8) is 0 Å². The Labute approximate surface area is 150 Å². The fourth-order valence-corrected chi connectivity index (χ4v) is 3.41. The van der Waals surface area contributed by atoms with Crippen LogP contribution >= 0.6 is 0 Å². The molecule has 0 atom stereocenters. The maximum atomic E-state index is 12.5. The highest BCUT2D eigenvalue weighted by Gasteiger charge is 2.26. The lowest BCUT2D eigenvalue weighted by Crippen LogP contribution is -2.24. The van der Waals surface area contributed by atoms with Gasteiger partial charge in [0.15, 0.2) is 16.4 Å². The quantitative estimate of drug-likeness (QED) is 0.549. The van der Waals surface area contributed by atoms with Crippen LogP contribution in [0.4, 0.5) is 5.69 Å². The molecule has 0 spiro atoms. The molecule has 0 amide bonds. The second-order valence-corrected chi connectivity index (χ2v) is 6.84. The van der Waals surface area contributed by atoms with Crippen LogP contribution in [0, 0.1) is 10.1 Å². The van der Waals surface area contributed by atoms with Gasteiger partial charge in [0, 0.05) is 6.54 Å². The molecule has 1 N–H and O–H groups in total. The van der Waals surface area contributed by atoms with Crippen molar-refractivity contribution in [2.75, 3.05) is 21.3 Å². The highest BCUT2D eigenvalue weighted by atomic mass is 32.2. The van der Waals surface area contributed by atoms with E-state index in [0.717, 1.165) is 12.1 Å². The predicted molar refractivity (Wildman–Crippen MR) is 93.2 cm³/mol. The third-order valence-electron chi connectivity index (χ3n) is 3.57. The zero-order valence-electron chi connectivity index (χ0n) is 14.4. The van der Waals surface area contributed by atoms with Crippen molar-refractivity contribution in [1.29, 1.82) is 0 Å². The SMILES string of the molecule is COc1ccc(S(=O)(=O)NCc2ccc(OC)c(OC)c2)c([N+](=O)[O-])c1. The lowest BCUT2D eigenvalue weighted by molar-refractivity contribution is -0.387. The minimum absolute atomic E-state index is 0.0775. The van der Waals surface area contributed by atoms with Gasteiger partial charge in [0.2, 0.25) is 10.0 Å². The predicted octanol–water partition coefficient (Wildman–Crippen LogP) is 2.10. The minimum atomic E-state index is -4.11. The molecular formula is C16H18N2O7S. The zero-order chi connectivity index (χ0) is 19.3. The lowest BCUT2D eigenvalue weighted by atomic mass is 10.2. The van der Waals surface area contributed by atoms with Crippen molar-refractivity contribution in [3.05, 3.63) is 52.1 Å². The summed E-state index contributed by atoms with van der Waals surface area (Å²) < 4.78 is 42.5. The molecule has 0 unspecified atom stereocenters. The summed E-state index contributed by atoms with van der Waals surface area (Å²) in [6.45, 7) is -0.0775. The number of benzene rings is 2. The van der Waals surface area contributed by atoms with Gasteiger partial charge >= 0.3 is 0 Å². The van der Waals surface area contributed by atoms with Crippen molar-refractivity contribution < 1.29 is 27.6 Å². The molecule has 0 saturated heterocycles. The summed E-state index contributed by atoms with van der Waals surface area (Å²) in [5.74, 6) is 1.14. The Balaban J connectivity index is 2.28. The summed E-state index contributed by atoms with van der Waals surface area (Å²) in [6, 6.07) is 8.45. The van der Waals surface area contributed by atoms with Crippen molar-refractivity contribution in [1.82, 2.24) is 4.72 Å². The van der Waals surface area contributed by atoms with E-state index in [1.165, 1.54) is 27.4 Å². The lowest BCUT2D eigenvalue weighted by Gasteiger charge is -2.11. The van der Waals surface area contributed by atoms with E-state index in [-0.39, 0.29) is 12.3 Å². The second kappa shape index (κ2) is 8.02. The van der Waals surface area contributed by atoms with E-state index in [2.05, 4.69) is 4.72 Å². The second-order valence-electron chi connectivity index (χ2n) is 5.10. The molecule has 0 aliphatic heterocycles. The van der Waals surface area contributed by atoms with E-state index in [4.69, 9.17) is 14.2 Å². The van der Waals surface area contributed by atoms with Gasteiger partial charge in [-0.15, -0.1) is 0 Å². The topological polar surface area (TPSA) is 117 Å². The fraction of sp³-hybridized carbons (Fsp3) is 0.250. The molecule has 0 saturated carbocycles.